The molecule has 0 saturated carbocycles. The first kappa shape index (κ1) is 17.0. The number of benzene rings is 2. The van der Waals surface area contributed by atoms with Crippen LogP contribution in [0.4, 0.5) is 5.69 Å². The first-order valence-corrected chi connectivity index (χ1v) is 9.54. The van der Waals surface area contributed by atoms with E-state index in [0.29, 0.717) is 5.75 Å². The van der Waals surface area contributed by atoms with Gasteiger partial charge in [-0.1, -0.05) is 24.3 Å². The number of nitrogens with one attached hydrogen (secondary N) is 1. The van der Waals surface area contributed by atoms with Crippen LogP contribution in [-0.2, 0) is 10.5 Å². The first-order chi connectivity index (χ1) is 10.6. The Labute approximate surface area is 141 Å². The average molecular weight is 332 g/mol. The Kier molecular flexibility index (Phi) is 6.40. The Morgan fingerprint density at radius 3 is 2.50 bits per heavy atom. The summed E-state index contributed by atoms with van der Waals surface area (Å²) in [6.45, 7) is 4.04. The quantitative estimate of drug-likeness (QED) is 0.764. The van der Waals surface area contributed by atoms with Crippen molar-refractivity contribution in [2.24, 2.45) is 0 Å². The van der Waals surface area contributed by atoms with Crippen molar-refractivity contribution in [1.29, 1.82) is 0 Å². The number of hydrogen-bond acceptors (Lipinski definition) is 3. The van der Waals surface area contributed by atoms with Crippen LogP contribution in [0.3, 0.4) is 0 Å². The molecule has 0 aliphatic heterocycles. The van der Waals surface area contributed by atoms with Gasteiger partial charge in [0.25, 0.3) is 0 Å². The molecule has 0 bridgehead atoms. The van der Waals surface area contributed by atoms with Crippen molar-refractivity contribution in [2.75, 3.05) is 17.3 Å². The Bertz CT molecular complexity index is 638. The molecule has 0 radical (unpaired) electrons. The summed E-state index contributed by atoms with van der Waals surface area (Å²) >= 11 is 3.38. The number of carbonyl (C=O) groups excluding carboxylic acids is 1. The number of hydrogen-bond donors (Lipinski definition) is 1. The standard InChI is InChI=1S/C18H21NOS2/c1-13-4-5-14(2)17(10-13)19-18(20)12-22-11-15-6-8-16(21-3)9-7-15/h4-10H,11-12H2,1-3H3,(H,19,20). The molecule has 0 fully saturated rings. The van der Waals surface area contributed by atoms with E-state index in [0.717, 1.165) is 22.6 Å². The predicted octanol–water partition coefficient (Wildman–Crippen LogP) is 4.90. The smallest absolute Gasteiger partial charge is 0.234 e. The SMILES string of the molecule is CSc1ccc(CSCC(=O)Nc2cc(C)ccc2C)cc1. The molecule has 1 N–H and O–H groups in total. The van der Waals surface area contributed by atoms with Gasteiger partial charge in [-0.15, -0.1) is 23.5 Å². The maximum absolute atomic E-state index is 12.0. The maximum atomic E-state index is 12.0. The fraction of sp³-hybridized carbons (Fsp3) is 0.278. The highest BCUT2D eigenvalue weighted by atomic mass is 32.2. The molecule has 0 aliphatic carbocycles. The topological polar surface area (TPSA) is 29.1 Å². The molecule has 2 aromatic rings. The van der Waals surface area contributed by atoms with Gasteiger partial charge in [0.15, 0.2) is 0 Å². The van der Waals surface area contributed by atoms with E-state index in [-0.39, 0.29) is 5.91 Å². The van der Waals surface area contributed by atoms with Crippen molar-refractivity contribution in [3.8, 4) is 0 Å². The van der Waals surface area contributed by atoms with Crippen LogP contribution in [-0.4, -0.2) is 17.9 Å². The predicted molar refractivity (Wildman–Crippen MR) is 98.9 cm³/mol. The van der Waals surface area contributed by atoms with E-state index >= 15 is 0 Å². The largest absolute Gasteiger partial charge is 0.325 e. The molecule has 0 aromatic heterocycles. The molecule has 0 aliphatic rings. The van der Waals surface area contributed by atoms with Crippen LogP contribution in [0.2, 0.25) is 0 Å². The zero-order valence-corrected chi connectivity index (χ0v) is 14.8. The molecular weight excluding hydrogens is 310 g/mol. The van der Waals surface area contributed by atoms with Gasteiger partial charge >= 0.3 is 0 Å². The molecule has 0 atom stereocenters. The zero-order chi connectivity index (χ0) is 15.9. The lowest BCUT2D eigenvalue weighted by molar-refractivity contribution is -0.113. The van der Waals surface area contributed by atoms with Crippen LogP contribution in [0.1, 0.15) is 16.7 Å². The number of amides is 1. The summed E-state index contributed by atoms with van der Waals surface area (Å²) < 4.78 is 0. The number of rotatable bonds is 6. The molecule has 22 heavy (non-hydrogen) atoms. The number of thioether (sulfide) groups is 2. The third-order valence-corrected chi connectivity index (χ3v) is 5.08. The molecule has 0 heterocycles. The molecule has 2 aromatic carbocycles. The maximum Gasteiger partial charge on any atom is 0.234 e. The van der Waals surface area contributed by atoms with Gasteiger partial charge in [-0.2, -0.15) is 0 Å². The summed E-state index contributed by atoms with van der Waals surface area (Å²) in [7, 11) is 0. The summed E-state index contributed by atoms with van der Waals surface area (Å²) in [5.74, 6) is 1.38. The molecule has 1 amide bonds. The van der Waals surface area contributed by atoms with Crippen LogP contribution in [0.15, 0.2) is 47.4 Å². The first-order valence-electron chi connectivity index (χ1n) is 7.16. The van der Waals surface area contributed by atoms with Crippen molar-refractivity contribution in [1.82, 2.24) is 0 Å². The van der Waals surface area contributed by atoms with Crippen LogP contribution >= 0.6 is 23.5 Å². The fourth-order valence-electron chi connectivity index (χ4n) is 2.04. The second kappa shape index (κ2) is 8.30. The average Bonchev–Trinajstić information content (AvgIpc) is 2.51. The van der Waals surface area contributed by atoms with Gasteiger partial charge in [0.05, 0.1) is 5.75 Å². The van der Waals surface area contributed by atoms with E-state index in [1.165, 1.54) is 10.5 Å². The van der Waals surface area contributed by atoms with Gasteiger partial charge in [0, 0.05) is 16.3 Å². The number of carbonyl (C=O) groups is 1. The van der Waals surface area contributed by atoms with Crippen LogP contribution in [0.5, 0.6) is 0 Å². The third-order valence-electron chi connectivity index (χ3n) is 3.33. The lowest BCUT2D eigenvalue weighted by atomic mass is 10.1. The van der Waals surface area contributed by atoms with E-state index in [4.69, 9.17) is 0 Å². The van der Waals surface area contributed by atoms with E-state index in [1.54, 1.807) is 23.5 Å². The second-order valence-electron chi connectivity index (χ2n) is 5.21. The van der Waals surface area contributed by atoms with Crippen molar-refractivity contribution in [2.45, 2.75) is 24.5 Å². The Morgan fingerprint density at radius 1 is 1.09 bits per heavy atom. The fourth-order valence-corrected chi connectivity index (χ4v) is 3.24. The highest BCUT2D eigenvalue weighted by Gasteiger charge is 2.05. The van der Waals surface area contributed by atoms with E-state index in [2.05, 4.69) is 41.9 Å². The molecule has 116 valence electrons. The number of anilines is 1. The minimum atomic E-state index is 0.0550. The minimum Gasteiger partial charge on any atom is -0.325 e. The van der Waals surface area contributed by atoms with Crippen molar-refractivity contribution >= 4 is 35.1 Å². The third kappa shape index (κ3) is 5.11. The lowest BCUT2D eigenvalue weighted by Gasteiger charge is -2.09. The molecule has 2 rings (SSSR count). The Hall–Kier alpha value is -1.39. The molecule has 0 saturated heterocycles. The summed E-state index contributed by atoms with van der Waals surface area (Å²) in [4.78, 5) is 13.3. The highest BCUT2D eigenvalue weighted by molar-refractivity contribution is 7.99. The highest BCUT2D eigenvalue weighted by Crippen LogP contribution is 2.19. The second-order valence-corrected chi connectivity index (χ2v) is 7.07. The summed E-state index contributed by atoms with van der Waals surface area (Å²) in [6.07, 6.45) is 2.07. The van der Waals surface area contributed by atoms with Crippen LogP contribution in [0, 0.1) is 13.8 Å². The Morgan fingerprint density at radius 2 is 1.82 bits per heavy atom. The molecule has 2 nitrogen and oxygen atoms in total. The molecule has 4 heteroatoms. The van der Waals surface area contributed by atoms with E-state index in [1.807, 2.05) is 26.0 Å². The van der Waals surface area contributed by atoms with Gasteiger partial charge in [0.2, 0.25) is 5.91 Å². The van der Waals surface area contributed by atoms with Gasteiger partial charge in [-0.25, -0.2) is 0 Å². The summed E-state index contributed by atoms with van der Waals surface area (Å²) in [5, 5.41) is 2.99. The van der Waals surface area contributed by atoms with E-state index in [9.17, 15) is 4.79 Å². The van der Waals surface area contributed by atoms with Crippen molar-refractivity contribution < 1.29 is 4.79 Å². The summed E-state index contributed by atoms with van der Waals surface area (Å²) in [6, 6.07) is 14.6. The van der Waals surface area contributed by atoms with Gasteiger partial charge in [-0.3, -0.25) is 4.79 Å². The summed E-state index contributed by atoms with van der Waals surface area (Å²) in [5.41, 5.74) is 4.41. The van der Waals surface area contributed by atoms with E-state index < -0.39 is 0 Å². The molecule has 0 spiro atoms. The Balaban J connectivity index is 1.81. The van der Waals surface area contributed by atoms with Crippen molar-refractivity contribution in [3.63, 3.8) is 0 Å². The monoisotopic (exact) mass is 331 g/mol. The van der Waals surface area contributed by atoms with Crippen molar-refractivity contribution in [3.05, 3.63) is 59.2 Å². The number of aryl methyl sites for hydroxylation is 2. The minimum absolute atomic E-state index is 0.0550. The zero-order valence-electron chi connectivity index (χ0n) is 13.2. The van der Waals surface area contributed by atoms with Crippen LogP contribution in [0.25, 0.3) is 0 Å². The van der Waals surface area contributed by atoms with Gasteiger partial charge < -0.3 is 5.32 Å². The molecular formula is C18H21NOS2. The van der Waals surface area contributed by atoms with Gasteiger partial charge in [-0.05, 0) is 55.0 Å². The van der Waals surface area contributed by atoms with Crippen LogP contribution < -0.4 is 5.32 Å². The normalized spacial score (nSPS) is 10.5. The molecule has 0 unspecified atom stereocenters. The van der Waals surface area contributed by atoms with Gasteiger partial charge in [0.1, 0.15) is 0 Å². The lowest BCUT2D eigenvalue weighted by Crippen LogP contribution is -2.15.